The number of hydrogen-bond acceptors (Lipinski definition) is 5. The summed E-state index contributed by atoms with van der Waals surface area (Å²) in [6.45, 7) is 1.62. The van der Waals surface area contributed by atoms with Crippen molar-refractivity contribution < 1.29 is 19.1 Å². The highest BCUT2D eigenvalue weighted by atomic mass is 16.5. The molecule has 0 unspecified atom stereocenters. The summed E-state index contributed by atoms with van der Waals surface area (Å²) in [5.74, 6) is -0.121. The predicted molar refractivity (Wildman–Crippen MR) is 96.4 cm³/mol. The Hall–Kier alpha value is -2.25. The van der Waals surface area contributed by atoms with Gasteiger partial charge in [0.15, 0.2) is 0 Å². The molecule has 2 aliphatic heterocycles. The van der Waals surface area contributed by atoms with Crippen LogP contribution in [0, 0.1) is 0 Å². The highest BCUT2D eigenvalue weighted by Gasteiger charge is 2.28. The number of nitrogens with zero attached hydrogens (tertiary/aromatic N) is 1. The maximum Gasteiger partial charge on any atom is 0.240 e. The number of benzene rings is 1. The maximum absolute atomic E-state index is 12.3. The fourth-order valence-corrected chi connectivity index (χ4v) is 3.06. The first kappa shape index (κ1) is 18.5. The first-order valence-electron chi connectivity index (χ1n) is 9.07. The van der Waals surface area contributed by atoms with Gasteiger partial charge >= 0.3 is 0 Å². The molecule has 7 heteroatoms. The van der Waals surface area contributed by atoms with E-state index in [1.54, 1.807) is 0 Å². The van der Waals surface area contributed by atoms with Crippen LogP contribution in [-0.4, -0.2) is 42.9 Å². The molecule has 1 saturated heterocycles. The van der Waals surface area contributed by atoms with Gasteiger partial charge in [0.1, 0.15) is 0 Å². The number of hydrazone groups is 1. The van der Waals surface area contributed by atoms with Crippen molar-refractivity contribution >= 4 is 17.5 Å². The van der Waals surface area contributed by atoms with E-state index in [1.165, 1.54) is 0 Å². The van der Waals surface area contributed by atoms with Crippen molar-refractivity contribution in [3.63, 3.8) is 0 Å². The normalized spacial score (nSPS) is 23.1. The van der Waals surface area contributed by atoms with Crippen molar-refractivity contribution in [3.8, 4) is 0 Å². The summed E-state index contributed by atoms with van der Waals surface area (Å²) in [6.07, 6.45) is 2.66. The topological polar surface area (TPSA) is 89.0 Å². The third kappa shape index (κ3) is 5.64. The molecular formula is C19H25N3O4. The Morgan fingerprint density at radius 3 is 2.92 bits per heavy atom. The van der Waals surface area contributed by atoms with Gasteiger partial charge in [0.25, 0.3) is 0 Å². The van der Waals surface area contributed by atoms with Crippen molar-refractivity contribution in [3.05, 3.63) is 35.9 Å². The zero-order chi connectivity index (χ0) is 18.2. The molecule has 2 amide bonds. The van der Waals surface area contributed by atoms with Crippen LogP contribution in [0.2, 0.25) is 0 Å². The van der Waals surface area contributed by atoms with E-state index in [0.29, 0.717) is 45.5 Å². The number of amides is 2. The van der Waals surface area contributed by atoms with Crippen LogP contribution in [0.15, 0.2) is 35.4 Å². The average molecular weight is 359 g/mol. The van der Waals surface area contributed by atoms with Gasteiger partial charge in [0.05, 0.1) is 25.4 Å². The first-order valence-corrected chi connectivity index (χ1v) is 9.07. The van der Waals surface area contributed by atoms with E-state index in [9.17, 15) is 9.59 Å². The molecule has 0 aliphatic carbocycles. The van der Waals surface area contributed by atoms with E-state index in [-0.39, 0.29) is 24.0 Å². The fraction of sp³-hybridized carbons (Fsp3) is 0.526. The van der Waals surface area contributed by atoms with Gasteiger partial charge in [-0.3, -0.25) is 9.59 Å². The fourth-order valence-electron chi connectivity index (χ4n) is 3.06. The van der Waals surface area contributed by atoms with Gasteiger partial charge < -0.3 is 14.8 Å². The van der Waals surface area contributed by atoms with Crippen LogP contribution in [0.25, 0.3) is 0 Å². The summed E-state index contributed by atoms with van der Waals surface area (Å²) in [5.41, 5.74) is 4.42. The zero-order valence-electron chi connectivity index (χ0n) is 14.8. The van der Waals surface area contributed by atoms with Gasteiger partial charge in [-0.25, -0.2) is 5.43 Å². The number of ether oxygens (including phenoxy) is 2. The molecule has 0 saturated carbocycles. The van der Waals surface area contributed by atoms with Crippen molar-refractivity contribution in [2.45, 2.75) is 50.9 Å². The van der Waals surface area contributed by atoms with Crippen LogP contribution < -0.4 is 10.7 Å². The Balaban J connectivity index is 1.45. The van der Waals surface area contributed by atoms with Gasteiger partial charge in [0.2, 0.25) is 11.8 Å². The molecule has 0 bridgehead atoms. The third-order valence-electron chi connectivity index (χ3n) is 4.57. The van der Waals surface area contributed by atoms with E-state index >= 15 is 0 Å². The molecule has 2 aliphatic rings. The van der Waals surface area contributed by atoms with Crippen molar-refractivity contribution in [2.75, 3.05) is 13.2 Å². The minimum absolute atomic E-state index is 0.0478. The molecular weight excluding hydrogens is 334 g/mol. The molecule has 2 heterocycles. The number of nitrogens with one attached hydrogen (secondary N) is 2. The van der Waals surface area contributed by atoms with Crippen molar-refractivity contribution in [2.24, 2.45) is 5.10 Å². The Labute approximate surface area is 153 Å². The van der Waals surface area contributed by atoms with Crippen LogP contribution in [-0.2, 0) is 25.7 Å². The molecule has 26 heavy (non-hydrogen) atoms. The van der Waals surface area contributed by atoms with Crippen LogP contribution in [0.5, 0.6) is 0 Å². The van der Waals surface area contributed by atoms with Crippen LogP contribution in [0.4, 0.5) is 0 Å². The molecule has 7 nitrogen and oxygen atoms in total. The second-order valence-corrected chi connectivity index (χ2v) is 6.59. The minimum atomic E-state index is -0.145. The molecule has 0 radical (unpaired) electrons. The Kier molecular flexibility index (Phi) is 6.74. The van der Waals surface area contributed by atoms with Gasteiger partial charge in [-0.2, -0.15) is 5.10 Å². The summed E-state index contributed by atoms with van der Waals surface area (Å²) in [5, 5.41) is 7.02. The monoisotopic (exact) mass is 359 g/mol. The molecule has 0 spiro atoms. The lowest BCUT2D eigenvalue weighted by Crippen LogP contribution is -2.50. The van der Waals surface area contributed by atoms with Gasteiger partial charge in [-0.1, -0.05) is 30.3 Å². The summed E-state index contributed by atoms with van der Waals surface area (Å²) < 4.78 is 11.5. The van der Waals surface area contributed by atoms with Gasteiger partial charge in [0, 0.05) is 25.2 Å². The Morgan fingerprint density at radius 2 is 2.15 bits per heavy atom. The molecule has 2 atom stereocenters. The number of carbonyl (C=O) groups excluding carboxylic acids is 2. The molecule has 2 N–H and O–H groups in total. The van der Waals surface area contributed by atoms with Crippen LogP contribution >= 0.6 is 0 Å². The molecule has 1 aromatic rings. The smallest absolute Gasteiger partial charge is 0.240 e. The molecule has 1 fully saturated rings. The van der Waals surface area contributed by atoms with Crippen LogP contribution in [0.1, 0.15) is 37.7 Å². The summed E-state index contributed by atoms with van der Waals surface area (Å²) in [7, 11) is 0. The van der Waals surface area contributed by atoms with Crippen LogP contribution in [0.3, 0.4) is 0 Å². The van der Waals surface area contributed by atoms with Crippen molar-refractivity contribution in [1.29, 1.82) is 0 Å². The Morgan fingerprint density at radius 1 is 1.31 bits per heavy atom. The van der Waals surface area contributed by atoms with E-state index in [0.717, 1.165) is 17.7 Å². The maximum atomic E-state index is 12.3. The molecule has 3 rings (SSSR count). The largest absolute Gasteiger partial charge is 0.379 e. The molecule has 0 aromatic heterocycles. The van der Waals surface area contributed by atoms with E-state index in [1.807, 2.05) is 30.3 Å². The van der Waals surface area contributed by atoms with E-state index < -0.39 is 0 Å². The Bertz CT molecular complexity index is 647. The second kappa shape index (κ2) is 9.45. The highest BCUT2D eigenvalue weighted by Crippen LogP contribution is 2.15. The summed E-state index contributed by atoms with van der Waals surface area (Å²) >= 11 is 0. The standard InChI is InChI=1S/C19H25N3O4/c23-18(8-6-15-7-9-19(24)22-21-15)20-16-13-25-11-10-17(16)26-12-14-4-2-1-3-5-14/h1-5,16-17H,6-13H2,(H,20,23)(H,22,24)/t16-,17+/m1/s1. The third-order valence-corrected chi connectivity index (χ3v) is 4.57. The second-order valence-electron chi connectivity index (χ2n) is 6.59. The zero-order valence-corrected chi connectivity index (χ0v) is 14.8. The lowest BCUT2D eigenvalue weighted by atomic mass is 10.0. The average Bonchev–Trinajstić information content (AvgIpc) is 2.68. The summed E-state index contributed by atoms with van der Waals surface area (Å²) in [4.78, 5) is 23.4. The van der Waals surface area contributed by atoms with Crippen molar-refractivity contribution in [1.82, 2.24) is 10.7 Å². The predicted octanol–water partition coefficient (Wildman–Crippen LogP) is 1.52. The van der Waals surface area contributed by atoms with Gasteiger partial charge in [-0.15, -0.1) is 0 Å². The minimum Gasteiger partial charge on any atom is -0.379 e. The molecule has 1 aromatic carbocycles. The SMILES string of the molecule is O=C1CCC(CCC(=O)N[C@@H]2COCC[C@@H]2OCc2ccccc2)=NN1. The number of rotatable bonds is 7. The van der Waals surface area contributed by atoms with E-state index in [2.05, 4.69) is 15.8 Å². The number of hydrogen-bond donors (Lipinski definition) is 2. The van der Waals surface area contributed by atoms with E-state index in [4.69, 9.17) is 9.47 Å². The highest BCUT2D eigenvalue weighted by molar-refractivity contribution is 5.94. The molecule has 140 valence electrons. The lowest BCUT2D eigenvalue weighted by molar-refractivity contribution is -0.126. The van der Waals surface area contributed by atoms with Gasteiger partial charge in [-0.05, 0) is 24.8 Å². The lowest BCUT2D eigenvalue weighted by Gasteiger charge is -2.32. The number of carbonyl (C=O) groups is 2. The first-order chi connectivity index (χ1) is 12.7. The quantitative estimate of drug-likeness (QED) is 0.773. The summed E-state index contributed by atoms with van der Waals surface area (Å²) in [6, 6.07) is 9.85.